The van der Waals surface area contributed by atoms with E-state index < -0.39 is 23.4 Å². The average molecular weight is 297 g/mol. The lowest BCUT2D eigenvalue weighted by Gasteiger charge is -2.19. The average Bonchev–Trinajstić information content (AvgIpc) is 2.76. The van der Waals surface area contributed by atoms with Crippen LogP contribution in [0.3, 0.4) is 0 Å². The summed E-state index contributed by atoms with van der Waals surface area (Å²) in [6.07, 6.45) is 0.794. The second kappa shape index (κ2) is 7.12. The molecule has 114 valence electrons. The van der Waals surface area contributed by atoms with Crippen LogP contribution in [0.15, 0.2) is 18.2 Å². The van der Waals surface area contributed by atoms with E-state index in [0.717, 1.165) is 25.1 Å². The van der Waals surface area contributed by atoms with Crippen LogP contribution >= 0.6 is 0 Å². The molecular formula is C14H17F2N3O2. The van der Waals surface area contributed by atoms with Crippen LogP contribution in [0.4, 0.5) is 8.78 Å². The zero-order chi connectivity index (χ0) is 15.2. The number of hydrogen-bond donors (Lipinski definition) is 2. The number of carbonyl (C=O) groups excluding carboxylic acids is 2. The van der Waals surface area contributed by atoms with E-state index in [1.807, 2.05) is 0 Å². The molecule has 1 aliphatic heterocycles. The zero-order valence-corrected chi connectivity index (χ0v) is 11.5. The van der Waals surface area contributed by atoms with Crippen molar-refractivity contribution < 1.29 is 18.4 Å². The smallest absolute Gasteiger partial charge is 0.311 e. The maximum Gasteiger partial charge on any atom is 0.311 e. The van der Waals surface area contributed by atoms with Gasteiger partial charge in [-0.3, -0.25) is 9.59 Å². The Labute approximate surface area is 121 Å². The summed E-state index contributed by atoms with van der Waals surface area (Å²) in [6.45, 7) is 2.47. The Bertz CT molecular complexity index is 529. The quantitative estimate of drug-likeness (QED) is 0.777. The molecule has 1 aromatic carbocycles. The van der Waals surface area contributed by atoms with Crippen molar-refractivity contribution in [2.24, 2.45) is 0 Å². The third-order valence-electron chi connectivity index (χ3n) is 3.26. The minimum atomic E-state index is -0.980. The van der Waals surface area contributed by atoms with Crippen LogP contribution in [0.1, 0.15) is 12.0 Å². The maximum absolute atomic E-state index is 13.0. The van der Waals surface area contributed by atoms with Crippen molar-refractivity contribution in [3.8, 4) is 0 Å². The Morgan fingerprint density at radius 2 is 2.00 bits per heavy atom. The first-order chi connectivity index (χ1) is 10.1. The van der Waals surface area contributed by atoms with Crippen molar-refractivity contribution in [3.05, 3.63) is 35.4 Å². The molecule has 1 heterocycles. The molecule has 2 amide bonds. The fourth-order valence-electron chi connectivity index (χ4n) is 2.10. The van der Waals surface area contributed by atoms with Crippen LogP contribution in [0, 0.1) is 11.6 Å². The number of benzene rings is 1. The van der Waals surface area contributed by atoms with E-state index in [1.165, 1.54) is 11.0 Å². The molecule has 0 atom stereocenters. The second-order valence-corrected chi connectivity index (χ2v) is 4.83. The number of halogens is 2. The highest BCUT2D eigenvalue weighted by Gasteiger charge is 2.22. The molecule has 2 rings (SSSR count). The van der Waals surface area contributed by atoms with Crippen LogP contribution in [-0.4, -0.2) is 42.9 Å². The van der Waals surface area contributed by atoms with E-state index in [-0.39, 0.29) is 6.54 Å². The highest BCUT2D eigenvalue weighted by molar-refractivity contribution is 6.34. The Balaban J connectivity index is 1.88. The Morgan fingerprint density at radius 1 is 1.19 bits per heavy atom. The molecule has 7 heteroatoms. The van der Waals surface area contributed by atoms with Crippen LogP contribution in [-0.2, 0) is 16.1 Å². The molecule has 1 fully saturated rings. The van der Waals surface area contributed by atoms with E-state index in [4.69, 9.17) is 0 Å². The maximum atomic E-state index is 13.0. The largest absolute Gasteiger partial charge is 0.344 e. The van der Waals surface area contributed by atoms with Gasteiger partial charge in [0.25, 0.3) is 0 Å². The number of nitrogens with zero attached hydrogens (tertiary/aromatic N) is 1. The summed E-state index contributed by atoms with van der Waals surface area (Å²) in [5, 5.41) is 5.56. The van der Waals surface area contributed by atoms with Crippen LogP contribution in [0.5, 0.6) is 0 Å². The van der Waals surface area contributed by atoms with Gasteiger partial charge < -0.3 is 15.5 Å². The second-order valence-electron chi connectivity index (χ2n) is 4.83. The molecule has 2 N–H and O–H groups in total. The van der Waals surface area contributed by atoms with Crippen LogP contribution in [0.25, 0.3) is 0 Å². The van der Waals surface area contributed by atoms with Crippen LogP contribution < -0.4 is 10.6 Å². The number of carbonyl (C=O) groups is 2. The highest BCUT2D eigenvalue weighted by Crippen LogP contribution is 2.08. The van der Waals surface area contributed by atoms with E-state index >= 15 is 0 Å². The van der Waals surface area contributed by atoms with E-state index in [0.29, 0.717) is 25.2 Å². The van der Waals surface area contributed by atoms with Gasteiger partial charge in [-0.25, -0.2) is 8.78 Å². The lowest BCUT2D eigenvalue weighted by Crippen LogP contribution is -2.44. The summed E-state index contributed by atoms with van der Waals surface area (Å²) in [5.41, 5.74) is 0.396. The topological polar surface area (TPSA) is 61.4 Å². The lowest BCUT2D eigenvalue weighted by molar-refractivity contribution is -0.145. The third kappa shape index (κ3) is 4.22. The van der Waals surface area contributed by atoms with Gasteiger partial charge in [0, 0.05) is 26.2 Å². The van der Waals surface area contributed by atoms with Gasteiger partial charge in [0.05, 0.1) is 0 Å². The molecular weight excluding hydrogens is 280 g/mol. The summed E-state index contributed by atoms with van der Waals surface area (Å²) in [7, 11) is 0. The van der Waals surface area contributed by atoms with Gasteiger partial charge >= 0.3 is 11.8 Å². The standard InChI is InChI=1S/C14H17F2N3O2/c15-11-3-2-10(8-12(11)16)9-18-13(20)14(21)19-6-1-4-17-5-7-19/h2-3,8,17H,1,4-7,9H2,(H,18,20). The predicted molar refractivity (Wildman–Crippen MR) is 72.3 cm³/mol. The van der Waals surface area contributed by atoms with Crippen molar-refractivity contribution >= 4 is 11.8 Å². The normalized spacial score (nSPS) is 15.4. The van der Waals surface area contributed by atoms with E-state index in [1.54, 1.807) is 0 Å². The molecule has 1 aliphatic rings. The first-order valence-electron chi connectivity index (χ1n) is 6.79. The fraction of sp³-hybridized carbons (Fsp3) is 0.429. The molecule has 0 aliphatic carbocycles. The molecule has 5 nitrogen and oxygen atoms in total. The molecule has 0 spiro atoms. The van der Waals surface area contributed by atoms with Crippen molar-refractivity contribution in [2.45, 2.75) is 13.0 Å². The minimum absolute atomic E-state index is 0.0200. The van der Waals surface area contributed by atoms with E-state index in [2.05, 4.69) is 10.6 Å². The molecule has 21 heavy (non-hydrogen) atoms. The first kappa shape index (κ1) is 15.4. The summed E-state index contributed by atoms with van der Waals surface area (Å²) >= 11 is 0. The number of amides is 2. The molecule has 0 unspecified atom stereocenters. The zero-order valence-electron chi connectivity index (χ0n) is 11.5. The van der Waals surface area contributed by atoms with Gasteiger partial charge in [-0.15, -0.1) is 0 Å². The summed E-state index contributed by atoms with van der Waals surface area (Å²) in [4.78, 5) is 25.2. The van der Waals surface area contributed by atoms with Crippen molar-refractivity contribution in [3.63, 3.8) is 0 Å². The van der Waals surface area contributed by atoms with Crippen LogP contribution in [0.2, 0.25) is 0 Å². The van der Waals surface area contributed by atoms with Crippen molar-refractivity contribution in [1.29, 1.82) is 0 Å². The Morgan fingerprint density at radius 3 is 2.76 bits per heavy atom. The fourth-order valence-corrected chi connectivity index (χ4v) is 2.10. The molecule has 0 saturated carbocycles. The summed E-state index contributed by atoms with van der Waals surface area (Å²) in [5.74, 6) is -3.26. The monoisotopic (exact) mass is 297 g/mol. The van der Waals surface area contributed by atoms with Gasteiger partial charge in [-0.2, -0.15) is 0 Å². The predicted octanol–water partition coefficient (Wildman–Crippen LogP) is 0.403. The summed E-state index contributed by atoms with van der Waals surface area (Å²) in [6, 6.07) is 3.34. The SMILES string of the molecule is O=C(NCc1ccc(F)c(F)c1)C(=O)N1CCCNCC1. The van der Waals surface area contributed by atoms with Crippen molar-refractivity contribution in [1.82, 2.24) is 15.5 Å². The molecule has 0 aromatic heterocycles. The Kier molecular flexibility index (Phi) is 5.21. The molecule has 1 saturated heterocycles. The molecule has 1 aromatic rings. The van der Waals surface area contributed by atoms with Gasteiger partial charge in [-0.05, 0) is 30.7 Å². The Hall–Kier alpha value is -2.02. The van der Waals surface area contributed by atoms with Crippen molar-refractivity contribution in [2.75, 3.05) is 26.2 Å². The van der Waals surface area contributed by atoms with Gasteiger partial charge in [0.15, 0.2) is 11.6 Å². The summed E-state index contributed by atoms with van der Waals surface area (Å²) < 4.78 is 25.8. The minimum Gasteiger partial charge on any atom is -0.344 e. The highest BCUT2D eigenvalue weighted by atomic mass is 19.2. The third-order valence-corrected chi connectivity index (χ3v) is 3.26. The van der Waals surface area contributed by atoms with Gasteiger partial charge in [0.2, 0.25) is 0 Å². The lowest BCUT2D eigenvalue weighted by atomic mass is 10.2. The number of nitrogens with one attached hydrogen (secondary N) is 2. The van der Waals surface area contributed by atoms with Gasteiger partial charge in [-0.1, -0.05) is 6.07 Å². The number of hydrogen-bond acceptors (Lipinski definition) is 3. The number of rotatable bonds is 2. The molecule has 0 radical (unpaired) electrons. The molecule has 0 bridgehead atoms. The van der Waals surface area contributed by atoms with Gasteiger partial charge in [0.1, 0.15) is 0 Å². The first-order valence-corrected chi connectivity index (χ1v) is 6.79. The van der Waals surface area contributed by atoms with E-state index in [9.17, 15) is 18.4 Å².